The van der Waals surface area contributed by atoms with E-state index >= 15 is 0 Å². The Hall–Kier alpha value is -2.66. The van der Waals surface area contributed by atoms with Gasteiger partial charge in [0.1, 0.15) is 0 Å². The van der Waals surface area contributed by atoms with Crippen LogP contribution in [0.25, 0.3) is 0 Å². The molecule has 0 saturated carbocycles. The normalized spacial score (nSPS) is 14.6. The first-order valence-corrected chi connectivity index (χ1v) is 11.4. The van der Waals surface area contributed by atoms with Crippen LogP contribution in [0.2, 0.25) is 0 Å². The molecule has 5 heteroatoms. The number of piperazine rings is 1. The molecular formula is C26H35N3O2. The molecule has 1 saturated heterocycles. The van der Waals surface area contributed by atoms with Crippen LogP contribution in [-0.2, 0) is 22.6 Å². The van der Waals surface area contributed by atoms with E-state index in [0.29, 0.717) is 19.5 Å². The van der Waals surface area contributed by atoms with Gasteiger partial charge in [-0.25, -0.2) is 0 Å². The fourth-order valence-electron chi connectivity index (χ4n) is 3.99. The van der Waals surface area contributed by atoms with Gasteiger partial charge in [0, 0.05) is 58.2 Å². The van der Waals surface area contributed by atoms with Crippen LogP contribution in [0.15, 0.2) is 60.7 Å². The second-order valence-electron chi connectivity index (χ2n) is 8.61. The highest BCUT2D eigenvalue weighted by molar-refractivity contribution is 5.80. The summed E-state index contributed by atoms with van der Waals surface area (Å²) in [6, 6.07) is 20.7. The molecule has 166 valence electrons. The summed E-state index contributed by atoms with van der Waals surface area (Å²) in [5.41, 5.74) is 2.52. The number of carbonyl (C=O) groups excluding carboxylic acids is 2. The fraction of sp³-hybridized carbons (Fsp3) is 0.462. The van der Waals surface area contributed by atoms with E-state index in [1.54, 1.807) is 0 Å². The summed E-state index contributed by atoms with van der Waals surface area (Å²) in [6.07, 6.45) is 1.21. The van der Waals surface area contributed by atoms with Gasteiger partial charge in [-0.3, -0.25) is 14.5 Å². The molecule has 2 amide bonds. The minimum absolute atomic E-state index is 0.0626. The lowest BCUT2D eigenvalue weighted by Gasteiger charge is -2.35. The van der Waals surface area contributed by atoms with Gasteiger partial charge in [0.2, 0.25) is 11.8 Å². The van der Waals surface area contributed by atoms with Crippen LogP contribution in [0.3, 0.4) is 0 Å². The van der Waals surface area contributed by atoms with E-state index in [9.17, 15) is 9.59 Å². The van der Waals surface area contributed by atoms with E-state index in [1.165, 1.54) is 11.1 Å². The number of benzene rings is 2. The largest absolute Gasteiger partial charge is 0.342 e. The Morgan fingerprint density at radius 2 is 1.42 bits per heavy atom. The van der Waals surface area contributed by atoms with Crippen molar-refractivity contribution in [1.29, 1.82) is 0 Å². The molecule has 5 nitrogen and oxygen atoms in total. The van der Waals surface area contributed by atoms with E-state index in [-0.39, 0.29) is 17.7 Å². The minimum Gasteiger partial charge on any atom is -0.342 e. The number of hydrogen-bond acceptors (Lipinski definition) is 3. The molecule has 31 heavy (non-hydrogen) atoms. The zero-order chi connectivity index (χ0) is 22.1. The monoisotopic (exact) mass is 421 g/mol. The molecule has 0 atom stereocenters. The summed E-state index contributed by atoms with van der Waals surface area (Å²) in [7, 11) is 0. The summed E-state index contributed by atoms with van der Waals surface area (Å²) in [5.74, 6) is 0.212. The maximum absolute atomic E-state index is 12.8. The van der Waals surface area contributed by atoms with Gasteiger partial charge in [-0.05, 0) is 17.5 Å². The average Bonchev–Trinajstić information content (AvgIpc) is 2.80. The Labute approximate surface area is 186 Å². The van der Waals surface area contributed by atoms with Gasteiger partial charge in [-0.15, -0.1) is 0 Å². The molecule has 0 aliphatic carbocycles. The third kappa shape index (κ3) is 7.21. The quantitative estimate of drug-likeness (QED) is 0.623. The van der Waals surface area contributed by atoms with Crippen molar-refractivity contribution < 1.29 is 9.59 Å². The van der Waals surface area contributed by atoms with Crippen molar-refractivity contribution in [2.24, 2.45) is 5.92 Å². The third-order valence-electron chi connectivity index (χ3n) is 5.89. The highest BCUT2D eigenvalue weighted by atomic mass is 16.2. The number of carbonyl (C=O) groups is 2. The van der Waals surface area contributed by atoms with Gasteiger partial charge in [0.05, 0.1) is 0 Å². The molecule has 0 radical (unpaired) electrons. The van der Waals surface area contributed by atoms with Crippen molar-refractivity contribution >= 4 is 11.8 Å². The van der Waals surface area contributed by atoms with Crippen LogP contribution in [0.4, 0.5) is 0 Å². The first-order valence-electron chi connectivity index (χ1n) is 11.4. The van der Waals surface area contributed by atoms with Gasteiger partial charge in [0.15, 0.2) is 0 Å². The Balaban J connectivity index is 1.46. The number of amides is 2. The lowest BCUT2D eigenvalue weighted by molar-refractivity contribution is -0.137. The number of hydrogen-bond donors (Lipinski definition) is 0. The highest BCUT2D eigenvalue weighted by Gasteiger charge is 2.23. The smallest absolute Gasteiger partial charge is 0.225 e. The van der Waals surface area contributed by atoms with Crippen molar-refractivity contribution in [3.63, 3.8) is 0 Å². The molecule has 1 heterocycles. The molecule has 2 aromatic carbocycles. The maximum atomic E-state index is 12.8. The van der Waals surface area contributed by atoms with Crippen LogP contribution in [0.5, 0.6) is 0 Å². The summed E-state index contributed by atoms with van der Waals surface area (Å²) < 4.78 is 0. The lowest BCUT2D eigenvalue weighted by atomic mass is 10.1. The second kappa shape index (κ2) is 11.7. The summed E-state index contributed by atoms with van der Waals surface area (Å²) in [4.78, 5) is 31.7. The summed E-state index contributed by atoms with van der Waals surface area (Å²) in [5, 5.41) is 0. The van der Waals surface area contributed by atoms with Crippen molar-refractivity contribution in [2.45, 2.75) is 33.2 Å². The molecule has 0 bridgehead atoms. The first-order chi connectivity index (χ1) is 15.0. The van der Waals surface area contributed by atoms with E-state index < -0.39 is 0 Å². The van der Waals surface area contributed by atoms with Crippen LogP contribution in [0, 0.1) is 5.92 Å². The van der Waals surface area contributed by atoms with Gasteiger partial charge in [0.25, 0.3) is 0 Å². The Bertz CT molecular complexity index is 815. The first kappa shape index (κ1) is 23.0. The Morgan fingerprint density at radius 3 is 2.00 bits per heavy atom. The number of rotatable bonds is 9. The van der Waals surface area contributed by atoms with Crippen LogP contribution in [0.1, 0.15) is 31.4 Å². The van der Waals surface area contributed by atoms with E-state index in [4.69, 9.17) is 0 Å². The zero-order valence-electron chi connectivity index (χ0n) is 18.9. The predicted molar refractivity (Wildman–Crippen MR) is 124 cm³/mol. The van der Waals surface area contributed by atoms with E-state index in [2.05, 4.69) is 41.3 Å². The standard InChI is InChI=1S/C26H35N3O2/c1-22(2)26(31)29(15-13-23-9-5-3-6-10-23)16-14-25(30)28-19-17-27(18-20-28)21-24-11-7-4-8-12-24/h3-12,22H,13-21H2,1-2H3. The van der Waals surface area contributed by atoms with Gasteiger partial charge in [-0.2, -0.15) is 0 Å². The second-order valence-corrected chi connectivity index (χ2v) is 8.61. The van der Waals surface area contributed by atoms with E-state index in [1.807, 2.05) is 47.9 Å². The molecule has 1 aliphatic heterocycles. The molecule has 0 unspecified atom stereocenters. The predicted octanol–water partition coefficient (Wildman–Crippen LogP) is 3.45. The van der Waals surface area contributed by atoms with Crippen molar-refractivity contribution in [3.05, 3.63) is 71.8 Å². The average molecular weight is 422 g/mol. The molecule has 3 rings (SSSR count). The SMILES string of the molecule is CC(C)C(=O)N(CCC(=O)N1CCN(Cc2ccccc2)CC1)CCc1ccccc1. The maximum Gasteiger partial charge on any atom is 0.225 e. The lowest BCUT2D eigenvalue weighted by Crippen LogP contribution is -2.49. The van der Waals surface area contributed by atoms with E-state index in [0.717, 1.165) is 39.1 Å². The highest BCUT2D eigenvalue weighted by Crippen LogP contribution is 2.11. The van der Waals surface area contributed by atoms with Crippen LogP contribution in [-0.4, -0.2) is 65.8 Å². The molecule has 1 aliphatic rings. The third-order valence-corrected chi connectivity index (χ3v) is 5.89. The molecule has 2 aromatic rings. The number of nitrogens with zero attached hydrogens (tertiary/aromatic N) is 3. The molecule has 1 fully saturated rings. The van der Waals surface area contributed by atoms with Crippen LogP contribution < -0.4 is 0 Å². The van der Waals surface area contributed by atoms with Gasteiger partial charge >= 0.3 is 0 Å². The summed E-state index contributed by atoms with van der Waals surface area (Å²) in [6.45, 7) is 9.22. The summed E-state index contributed by atoms with van der Waals surface area (Å²) >= 11 is 0. The van der Waals surface area contributed by atoms with Crippen molar-refractivity contribution in [2.75, 3.05) is 39.3 Å². The minimum atomic E-state index is -0.0626. The topological polar surface area (TPSA) is 43.9 Å². The van der Waals surface area contributed by atoms with Crippen molar-refractivity contribution in [3.8, 4) is 0 Å². The van der Waals surface area contributed by atoms with Gasteiger partial charge < -0.3 is 9.80 Å². The van der Waals surface area contributed by atoms with Gasteiger partial charge in [-0.1, -0.05) is 74.5 Å². The fourth-order valence-corrected chi connectivity index (χ4v) is 3.99. The molecule has 0 spiro atoms. The Kier molecular flexibility index (Phi) is 8.65. The van der Waals surface area contributed by atoms with Crippen molar-refractivity contribution in [1.82, 2.24) is 14.7 Å². The Morgan fingerprint density at radius 1 is 0.839 bits per heavy atom. The molecule has 0 N–H and O–H groups in total. The van der Waals surface area contributed by atoms with Crippen LogP contribution >= 0.6 is 0 Å². The molecule has 0 aromatic heterocycles. The molecular weight excluding hydrogens is 386 g/mol. The zero-order valence-corrected chi connectivity index (χ0v) is 18.9.